The van der Waals surface area contributed by atoms with E-state index in [4.69, 9.17) is 10.5 Å². The molecule has 3 heteroatoms. The van der Waals surface area contributed by atoms with Gasteiger partial charge in [0.15, 0.2) is 0 Å². The van der Waals surface area contributed by atoms with Crippen molar-refractivity contribution in [2.75, 3.05) is 13.2 Å². The van der Waals surface area contributed by atoms with Gasteiger partial charge in [-0.1, -0.05) is 13.8 Å². The molecule has 0 aliphatic carbocycles. The molecule has 0 spiro atoms. The van der Waals surface area contributed by atoms with E-state index in [1.165, 1.54) is 22.2 Å². The molecule has 0 saturated heterocycles. The van der Waals surface area contributed by atoms with Crippen LogP contribution in [-0.4, -0.2) is 17.7 Å². The second kappa shape index (κ2) is 5.66. The van der Waals surface area contributed by atoms with Crippen LogP contribution in [0.5, 0.6) is 5.75 Å². The third kappa shape index (κ3) is 2.47. The van der Waals surface area contributed by atoms with Crippen LogP contribution in [0, 0.1) is 0 Å². The molecule has 3 nitrogen and oxygen atoms in total. The van der Waals surface area contributed by atoms with Gasteiger partial charge >= 0.3 is 0 Å². The van der Waals surface area contributed by atoms with Crippen LogP contribution in [0.15, 0.2) is 18.2 Å². The first kappa shape index (κ1) is 13.9. The van der Waals surface area contributed by atoms with Gasteiger partial charge in [0.2, 0.25) is 0 Å². The van der Waals surface area contributed by atoms with Gasteiger partial charge in [0.25, 0.3) is 0 Å². The van der Waals surface area contributed by atoms with E-state index >= 15 is 0 Å². The molecule has 104 valence electrons. The summed E-state index contributed by atoms with van der Waals surface area (Å²) < 4.78 is 7.91. The number of aryl methyl sites for hydroxylation is 1. The van der Waals surface area contributed by atoms with E-state index in [1.54, 1.807) is 0 Å². The largest absolute Gasteiger partial charge is 0.494 e. The number of fused-ring (bicyclic) bond motifs is 1. The lowest BCUT2D eigenvalue weighted by Crippen LogP contribution is -2.07. The summed E-state index contributed by atoms with van der Waals surface area (Å²) in [5.74, 6) is 1.43. The summed E-state index contributed by atoms with van der Waals surface area (Å²) in [5.41, 5.74) is 9.80. The average molecular weight is 260 g/mol. The number of aromatic nitrogens is 1. The molecule has 0 bridgehead atoms. The zero-order chi connectivity index (χ0) is 14.0. The molecule has 0 aliphatic heterocycles. The van der Waals surface area contributed by atoms with Crippen LogP contribution in [0.25, 0.3) is 10.9 Å². The van der Waals surface area contributed by atoms with Gasteiger partial charge < -0.3 is 15.0 Å². The smallest absolute Gasteiger partial charge is 0.120 e. The fourth-order valence-electron chi connectivity index (χ4n) is 2.92. The summed E-state index contributed by atoms with van der Waals surface area (Å²) in [7, 11) is 2.14. The first-order valence-electron chi connectivity index (χ1n) is 7.04. The lowest BCUT2D eigenvalue weighted by molar-refractivity contribution is 0.340. The Morgan fingerprint density at radius 2 is 2.05 bits per heavy atom. The number of ether oxygens (including phenoxy) is 1. The highest BCUT2D eigenvalue weighted by molar-refractivity contribution is 5.87. The number of rotatable bonds is 5. The third-order valence-corrected chi connectivity index (χ3v) is 3.58. The maximum atomic E-state index is 5.79. The fraction of sp³-hybridized carbons (Fsp3) is 0.500. The molecule has 2 rings (SSSR count). The fourth-order valence-corrected chi connectivity index (χ4v) is 2.92. The normalized spacial score (nSPS) is 11.5. The van der Waals surface area contributed by atoms with E-state index in [-0.39, 0.29) is 0 Å². The number of nitrogens with two attached hydrogens (primary N) is 1. The first-order valence-corrected chi connectivity index (χ1v) is 7.04. The van der Waals surface area contributed by atoms with E-state index in [9.17, 15) is 0 Å². The lowest BCUT2D eigenvalue weighted by atomic mass is 10.0. The molecular formula is C16H24N2O. The van der Waals surface area contributed by atoms with Gasteiger partial charge in [-0.15, -0.1) is 0 Å². The zero-order valence-electron chi connectivity index (χ0n) is 12.4. The summed E-state index contributed by atoms with van der Waals surface area (Å²) in [4.78, 5) is 0. The maximum absolute atomic E-state index is 5.79. The standard InChI is InChI=1S/C16H24N2O/c1-5-19-12-6-7-15-14(10-12)13(8-9-17)16(11(2)3)18(15)4/h6-7,10-11H,5,8-9,17H2,1-4H3. The predicted molar refractivity (Wildman–Crippen MR) is 80.9 cm³/mol. The molecule has 1 aromatic carbocycles. The summed E-state index contributed by atoms with van der Waals surface area (Å²) in [5, 5.41) is 1.28. The Morgan fingerprint density at radius 1 is 1.32 bits per heavy atom. The van der Waals surface area contributed by atoms with Crippen molar-refractivity contribution in [1.82, 2.24) is 4.57 Å². The van der Waals surface area contributed by atoms with Gasteiger partial charge in [0, 0.05) is 23.6 Å². The van der Waals surface area contributed by atoms with Crippen LogP contribution in [0.2, 0.25) is 0 Å². The van der Waals surface area contributed by atoms with E-state index < -0.39 is 0 Å². The van der Waals surface area contributed by atoms with Gasteiger partial charge in [0.1, 0.15) is 5.75 Å². The number of hydrogen-bond donors (Lipinski definition) is 1. The van der Waals surface area contributed by atoms with Crippen LogP contribution >= 0.6 is 0 Å². The Balaban J connectivity index is 2.67. The van der Waals surface area contributed by atoms with Crippen molar-refractivity contribution in [2.45, 2.75) is 33.1 Å². The minimum atomic E-state index is 0.495. The summed E-state index contributed by atoms with van der Waals surface area (Å²) >= 11 is 0. The molecule has 0 amide bonds. The van der Waals surface area contributed by atoms with Crippen LogP contribution in [0.1, 0.15) is 37.9 Å². The summed E-state index contributed by atoms with van der Waals surface area (Å²) in [6.45, 7) is 7.85. The van der Waals surface area contributed by atoms with Crippen molar-refractivity contribution >= 4 is 10.9 Å². The molecule has 2 N–H and O–H groups in total. The van der Waals surface area contributed by atoms with Gasteiger partial charge in [-0.2, -0.15) is 0 Å². The van der Waals surface area contributed by atoms with Gasteiger partial charge in [0.05, 0.1) is 6.61 Å². The monoisotopic (exact) mass is 260 g/mol. The minimum Gasteiger partial charge on any atom is -0.494 e. The highest BCUT2D eigenvalue weighted by Crippen LogP contribution is 2.32. The highest BCUT2D eigenvalue weighted by Gasteiger charge is 2.17. The molecule has 19 heavy (non-hydrogen) atoms. The van der Waals surface area contributed by atoms with Crippen molar-refractivity contribution in [1.29, 1.82) is 0 Å². The molecule has 0 fully saturated rings. The Kier molecular flexibility index (Phi) is 4.15. The van der Waals surface area contributed by atoms with Crippen LogP contribution in [0.4, 0.5) is 0 Å². The zero-order valence-corrected chi connectivity index (χ0v) is 12.4. The van der Waals surface area contributed by atoms with Crippen LogP contribution in [-0.2, 0) is 13.5 Å². The van der Waals surface area contributed by atoms with E-state index in [1.807, 2.05) is 13.0 Å². The second-order valence-electron chi connectivity index (χ2n) is 5.23. The maximum Gasteiger partial charge on any atom is 0.120 e. The van der Waals surface area contributed by atoms with Crippen LogP contribution in [0.3, 0.4) is 0 Å². The molecule has 0 atom stereocenters. The van der Waals surface area contributed by atoms with Gasteiger partial charge in [-0.25, -0.2) is 0 Å². The molecular weight excluding hydrogens is 236 g/mol. The average Bonchev–Trinajstić information content (AvgIpc) is 2.64. The molecule has 0 aliphatic rings. The third-order valence-electron chi connectivity index (χ3n) is 3.58. The van der Waals surface area contributed by atoms with E-state index in [2.05, 4.69) is 37.6 Å². The van der Waals surface area contributed by atoms with Crippen molar-refractivity contribution in [3.63, 3.8) is 0 Å². The molecule has 0 unspecified atom stereocenters. The topological polar surface area (TPSA) is 40.2 Å². The molecule has 1 heterocycles. The molecule has 0 radical (unpaired) electrons. The SMILES string of the molecule is CCOc1ccc2c(c1)c(CCN)c(C(C)C)n2C. The summed E-state index contributed by atoms with van der Waals surface area (Å²) in [6.07, 6.45) is 0.917. The predicted octanol–water partition coefficient (Wildman–Crippen LogP) is 3.20. The van der Waals surface area contributed by atoms with Crippen molar-refractivity contribution < 1.29 is 4.74 Å². The molecule has 0 saturated carbocycles. The summed E-state index contributed by atoms with van der Waals surface area (Å²) in [6, 6.07) is 6.34. The highest BCUT2D eigenvalue weighted by atomic mass is 16.5. The number of benzene rings is 1. The first-order chi connectivity index (χ1) is 9.10. The van der Waals surface area contributed by atoms with Gasteiger partial charge in [-0.05, 0) is 49.6 Å². The van der Waals surface area contributed by atoms with Crippen molar-refractivity contribution in [3.05, 3.63) is 29.5 Å². The second-order valence-corrected chi connectivity index (χ2v) is 5.23. The number of nitrogens with zero attached hydrogens (tertiary/aromatic N) is 1. The Labute approximate surface area is 115 Å². The molecule has 1 aromatic heterocycles. The Hall–Kier alpha value is -1.48. The Morgan fingerprint density at radius 3 is 2.63 bits per heavy atom. The lowest BCUT2D eigenvalue weighted by Gasteiger charge is -2.10. The minimum absolute atomic E-state index is 0.495. The van der Waals surface area contributed by atoms with Crippen molar-refractivity contribution in [2.24, 2.45) is 12.8 Å². The number of hydrogen-bond acceptors (Lipinski definition) is 2. The van der Waals surface area contributed by atoms with Crippen molar-refractivity contribution in [3.8, 4) is 5.75 Å². The van der Waals surface area contributed by atoms with Crippen LogP contribution < -0.4 is 10.5 Å². The molecule has 2 aromatic rings. The van der Waals surface area contributed by atoms with E-state index in [0.717, 1.165) is 12.2 Å². The van der Waals surface area contributed by atoms with E-state index in [0.29, 0.717) is 19.1 Å². The van der Waals surface area contributed by atoms with Gasteiger partial charge in [-0.3, -0.25) is 0 Å². The Bertz CT molecular complexity index is 570. The quantitative estimate of drug-likeness (QED) is 0.896.